The molecule has 0 fully saturated rings. The molecule has 118 valence electrons. The molecule has 6 heteroatoms. The minimum absolute atomic E-state index is 0.284. The van der Waals surface area contributed by atoms with Gasteiger partial charge in [-0.3, -0.25) is 4.40 Å². The van der Waals surface area contributed by atoms with E-state index in [9.17, 15) is 4.39 Å². The number of hydrogen-bond acceptors (Lipinski definition) is 3. The van der Waals surface area contributed by atoms with Gasteiger partial charge in [0.05, 0.1) is 0 Å². The largest absolute Gasteiger partial charge is 0.339 e. The highest BCUT2D eigenvalue weighted by Crippen LogP contribution is 2.30. The summed E-state index contributed by atoms with van der Waals surface area (Å²) >= 11 is 5.94. The second kappa shape index (κ2) is 5.94. The van der Waals surface area contributed by atoms with E-state index >= 15 is 0 Å². The molecular formula is C18H12ClFN4. The van der Waals surface area contributed by atoms with Gasteiger partial charge in [0.1, 0.15) is 17.3 Å². The van der Waals surface area contributed by atoms with Crippen molar-refractivity contribution in [3.8, 4) is 11.3 Å². The molecular weight excluding hydrogens is 327 g/mol. The minimum atomic E-state index is -0.284. The Kier molecular flexibility index (Phi) is 3.63. The van der Waals surface area contributed by atoms with Crippen molar-refractivity contribution in [1.82, 2.24) is 14.4 Å². The molecule has 2 heterocycles. The number of fused-ring (bicyclic) bond motifs is 1. The molecule has 0 atom stereocenters. The SMILES string of the molecule is Fc1ccc(-c2nc3ncccn3c2Nc2ccc(Cl)cc2)cc1. The van der Waals surface area contributed by atoms with Crippen LogP contribution in [-0.4, -0.2) is 14.4 Å². The zero-order valence-electron chi connectivity index (χ0n) is 12.4. The Morgan fingerprint density at radius 3 is 2.50 bits per heavy atom. The maximum Gasteiger partial charge on any atom is 0.235 e. The first-order valence-electron chi connectivity index (χ1n) is 7.32. The molecule has 0 unspecified atom stereocenters. The van der Waals surface area contributed by atoms with Crippen LogP contribution in [-0.2, 0) is 0 Å². The second-order valence-corrected chi connectivity index (χ2v) is 5.67. The highest BCUT2D eigenvalue weighted by Gasteiger charge is 2.15. The Morgan fingerprint density at radius 1 is 1.00 bits per heavy atom. The van der Waals surface area contributed by atoms with E-state index in [1.54, 1.807) is 18.3 Å². The van der Waals surface area contributed by atoms with Gasteiger partial charge in [0.2, 0.25) is 5.78 Å². The number of benzene rings is 2. The Morgan fingerprint density at radius 2 is 1.75 bits per heavy atom. The maximum absolute atomic E-state index is 13.2. The van der Waals surface area contributed by atoms with Crippen molar-refractivity contribution in [1.29, 1.82) is 0 Å². The molecule has 2 aromatic heterocycles. The summed E-state index contributed by atoms with van der Waals surface area (Å²) in [4.78, 5) is 8.85. The molecule has 0 amide bonds. The summed E-state index contributed by atoms with van der Waals surface area (Å²) < 4.78 is 15.1. The zero-order valence-corrected chi connectivity index (χ0v) is 13.2. The van der Waals surface area contributed by atoms with Crippen molar-refractivity contribution in [2.75, 3.05) is 5.32 Å². The Bertz CT molecular complexity index is 994. The average Bonchev–Trinajstić information content (AvgIpc) is 2.96. The summed E-state index contributed by atoms with van der Waals surface area (Å²) in [5.41, 5.74) is 2.37. The van der Waals surface area contributed by atoms with Crippen molar-refractivity contribution in [3.05, 3.63) is 77.8 Å². The standard InChI is InChI=1S/C18H12ClFN4/c19-13-4-8-15(9-5-13)22-17-16(12-2-6-14(20)7-3-12)23-18-21-10-1-11-24(17)18/h1-11,22H. The lowest BCUT2D eigenvalue weighted by Crippen LogP contribution is -1.97. The molecule has 0 spiro atoms. The third kappa shape index (κ3) is 2.70. The first kappa shape index (κ1) is 14.7. The molecule has 0 aliphatic carbocycles. The monoisotopic (exact) mass is 338 g/mol. The van der Waals surface area contributed by atoms with Crippen LogP contribution in [0.2, 0.25) is 5.02 Å². The number of hydrogen-bond donors (Lipinski definition) is 1. The highest BCUT2D eigenvalue weighted by atomic mass is 35.5. The number of imidazole rings is 1. The predicted octanol–water partition coefficient (Wildman–Crippen LogP) is 4.93. The van der Waals surface area contributed by atoms with Crippen LogP contribution in [0.25, 0.3) is 17.0 Å². The van der Waals surface area contributed by atoms with Gasteiger partial charge >= 0.3 is 0 Å². The highest BCUT2D eigenvalue weighted by molar-refractivity contribution is 6.30. The number of nitrogens with zero attached hydrogens (tertiary/aromatic N) is 3. The summed E-state index contributed by atoms with van der Waals surface area (Å²) in [6.07, 6.45) is 3.56. The minimum Gasteiger partial charge on any atom is -0.339 e. The van der Waals surface area contributed by atoms with Gasteiger partial charge in [0, 0.05) is 28.7 Å². The molecule has 0 saturated carbocycles. The van der Waals surface area contributed by atoms with Crippen molar-refractivity contribution >= 4 is 28.9 Å². The normalized spacial score (nSPS) is 10.9. The van der Waals surface area contributed by atoms with Gasteiger partial charge in [-0.25, -0.2) is 14.4 Å². The number of halogens is 2. The van der Waals surface area contributed by atoms with Crippen molar-refractivity contribution in [3.63, 3.8) is 0 Å². The third-order valence-corrected chi connectivity index (χ3v) is 3.88. The van der Waals surface area contributed by atoms with Crippen LogP contribution in [0.15, 0.2) is 67.0 Å². The van der Waals surface area contributed by atoms with E-state index in [-0.39, 0.29) is 5.82 Å². The summed E-state index contributed by atoms with van der Waals surface area (Å²) in [7, 11) is 0. The molecule has 4 nitrogen and oxygen atoms in total. The van der Waals surface area contributed by atoms with Crippen LogP contribution in [0.4, 0.5) is 15.9 Å². The number of nitrogens with one attached hydrogen (secondary N) is 1. The van der Waals surface area contributed by atoms with E-state index in [1.165, 1.54) is 12.1 Å². The lowest BCUT2D eigenvalue weighted by Gasteiger charge is -2.09. The summed E-state index contributed by atoms with van der Waals surface area (Å²) in [5, 5.41) is 4.01. The molecule has 0 aliphatic heterocycles. The fourth-order valence-corrected chi connectivity index (χ4v) is 2.61. The lowest BCUT2D eigenvalue weighted by atomic mass is 10.1. The van der Waals surface area contributed by atoms with E-state index in [4.69, 9.17) is 11.6 Å². The van der Waals surface area contributed by atoms with Crippen LogP contribution in [0.5, 0.6) is 0 Å². The van der Waals surface area contributed by atoms with Crippen molar-refractivity contribution in [2.24, 2.45) is 0 Å². The molecule has 0 aliphatic rings. The fraction of sp³-hybridized carbons (Fsp3) is 0. The quantitative estimate of drug-likeness (QED) is 0.575. The maximum atomic E-state index is 13.2. The molecule has 2 aromatic carbocycles. The summed E-state index contributed by atoms with van der Waals surface area (Å²) in [5.74, 6) is 1.04. The zero-order chi connectivity index (χ0) is 16.5. The first-order valence-corrected chi connectivity index (χ1v) is 7.70. The number of anilines is 2. The van der Waals surface area contributed by atoms with Gasteiger partial charge in [-0.1, -0.05) is 11.6 Å². The third-order valence-electron chi connectivity index (χ3n) is 3.63. The van der Waals surface area contributed by atoms with Crippen molar-refractivity contribution in [2.45, 2.75) is 0 Å². The molecule has 0 bridgehead atoms. The molecule has 0 saturated heterocycles. The second-order valence-electron chi connectivity index (χ2n) is 5.24. The van der Waals surface area contributed by atoms with Crippen LogP contribution in [0.3, 0.4) is 0 Å². The number of rotatable bonds is 3. The van der Waals surface area contributed by atoms with E-state index in [1.807, 2.05) is 40.9 Å². The lowest BCUT2D eigenvalue weighted by molar-refractivity contribution is 0.628. The van der Waals surface area contributed by atoms with Gasteiger partial charge in [-0.05, 0) is 54.6 Å². The first-order chi connectivity index (χ1) is 11.7. The summed E-state index contributed by atoms with van der Waals surface area (Å²) in [6.45, 7) is 0. The van der Waals surface area contributed by atoms with Gasteiger partial charge < -0.3 is 5.32 Å². The fourth-order valence-electron chi connectivity index (χ4n) is 2.49. The predicted molar refractivity (Wildman–Crippen MR) is 93.1 cm³/mol. The van der Waals surface area contributed by atoms with Gasteiger partial charge in [-0.2, -0.15) is 0 Å². The van der Waals surface area contributed by atoms with Gasteiger partial charge in [0.25, 0.3) is 0 Å². The van der Waals surface area contributed by atoms with E-state index in [0.717, 1.165) is 17.1 Å². The van der Waals surface area contributed by atoms with E-state index in [2.05, 4.69) is 15.3 Å². The molecule has 24 heavy (non-hydrogen) atoms. The summed E-state index contributed by atoms with van der Waals surface area (Å²) in [6, 6.07) is 15.4. The topological polar surface area (TPSA) is 42.2 Å². The van der Waals surface area contributed by atoms with E-state index < -0.39 is 0 Å². The molecule has 4 aromatic rings. The Balaban J connectivity index is 1.86. The van der Waals surface area contributed by atoms with Crippen LogP contribution in [0.1, 0.15) is 0 Å². The van der Waals surface area contributed by atoms with Crippen molar-refractivity contribution < 1.29 is 4.39 Å². The van der Waals surface area contributed by atoms with Gasteiger partial charge in [-0.15, -0.1) is 0 Å². The smallest absolute Gasteiger partial charge is 0.235 e. The van der Waals surface area contributed by atoms with Crippen LogP contribution >= 0.6 is 11.6 Å². The molecule has 1 N–H and O–H groups in total. The van der Waals surface area contributed by atoms with E-state index in [0.29, 0.717) is 16.5 Å². The van der Waals surface area contributed by atoms with Crippen LogP contribution < -0.4 is 5.32 Å². The Labute approximate surface area is 142 Å². The van der Waals surface area contributed by atoms with Gasteiger partial charge in [0.15, 0.2) is 0 Å². The van der Waals surface area contributed by atoms with Crippen LogP contribution in [0, 0.1) is 5.82 Å². The molecule has 0 radical (unpaired) electrons. The number of aromatic nitrogens is 3. The average molecular weight is 339 g/mol. The molecule has 4 rings (SSSR count). The Hall–Kier alpha value is -2.92.